The third-order valence-electron chi connectivity index (χ3n) is 2.51. The van der Waals surface area contributed by atoms with Gasteiger partial charge in [0.25, 0.3) is 0 Å². The zero-order valence-corrected chi connectivity index (χ0v) is 14.5. The first kappa shape index (κ1) is 16.6. The highest BCUT2D eigenvalue weighted by Crippen LogP contribution is 2.39. The minimum Gasteiger partial charge on any atom is -0.495 e. The lowest BCUT2D eigenvalue weighted by atomic mass is 10.3. The third-order valence-corrected chi connectivity index (χ3v) is 4.22. The fourth-order valence-electron chi connectivity index (χ4n) is 1.60. The first-order valence-electron chi connectivity index (χ1n) is 5.53. The molecule has 0 heterocycles. The van der Waals surface area contributed by atoms with Crippen LogP contribution in [0.15, 0.2) is 39.7 Å². The number of hydrogen-bond donors (Lipinski definition) is 1. The van der Waals surface area contributed by atoms with Crippen molar-refractivity contribution in [2.24, 2.45) is 0 Å². The monoisotopic (exact) mass is 410 g/mol. The van der Waals surface area contributed by atoms with Crippen LogP contribution in [0.25, 0.3) is 0 Å². The average Bonchev–Trinajstić information content (AvgIpc) is 2.42. The van der Waals surface area contributed by atoms with Gasteiger partial charge in [0.1, 0.15) is 16.4 Å². The van der Waals surface area contributed by atoms with Crippen LogP contribution in [0.1, 0.15) is 0 Å². The normalized spacial score (nSPS) is 12.0. The Hall–Kier alpha value is -0.790. The lowest BCUT2D eigenvalue weighted by Gasteiger charge is -2.12. The van der Waals surface area contributed by atoms with E-state index in [0.717, 1.165) is 4.47 Å². The standard InChI is InChI=1S/C13H9BrCl2O4S/c1-19-11-3-2-8(6-12(11)21(17)18)20-13-9(15)4-7(14)5-10(13)16/h2-6H,1H3,(H,17,18). The van der Waals surface area contributed by atoms with E-state index in [9.17, 15) is 8.76 Å². The second kappa shape index (κ2) is 6.98. The summed E-state index contributed by atoms with van der Waals surface area (Å²) in [6, 6.07) is 7.78. The van der Waals surface area contributed by atoms with E-state index in [-0.39, 0.29) is 16.4 Å². The Morgan fingerprint density at radius 2 is 1.81 bits per heavy atom. The van der Waals surface area contributed by atoms with Gasteiger partial charge in [0.05, 0.1) is 17.2 Å². The molecule has 0 amide bonds. The van der Waals surface area contributed by atoms with E-state index in [1.165, 1.54) is 19.2 Å². The summed E-state index contributed by atoms with van der Waals surface area (Å²) in [6.45, 7) is 0. The molecule has 0 radical (unpaired) electrons. The van der Waals surface area contributed by atoms with E-state index in [2.05, 4.69) is 15.9 Å². The molecular formula is C13H9BrCl2O4S. The van der Waals surface area contributed by atoms with Gasteiger partial charge >= 0.3 is 0 Å². The maximum Gasteiger partial charge on any atom is 0.190 e. The molecule has 0 fully saturated rings. The van der Waals surface area contributed by atoms with Crippen LogP contribution < -0.4 is 9.47 Å². The van der Waals surface area contributed by atoms with Crippen molar-refractivity contribution in [3.05, 3.63) is 44.8 Å². The van der Waals surface area contributed by atoms with Gasteiger partial charge in [0.2, 0.25) is 0 Å². The van der Waals surface area contributed by atoms with Gasteiger partial charge in [-0.05, 0) is 24.3 Å². The zero-order valence-electron chi connectivity index (χ0n) is 10.6. The van der Waals surface area contributed by atoms with E-state index in [0.29, 0.717) is 15.8 Å². The minimum atomic E-state index is -2.20. The largest absolute Gasteiger partial charge is 0.495 e. The molecule has 8 heteroatoms. The Balaban J connectivity index is 2.41. The predicted octanol–water partition coefficient (Wildman–Crippen LogP) is 5.14. The van der Waals surface area contributed by atoms with E-state index in [4.69, 9.17) is 32.7 Å². The van der Waals surface area contributed by atoms with E-state index in [1.54, 1.807) is 18.2 Å². The first-order valence-corrected chi connectivity index (χ1v) is 8.19. The summed E-state index contributed by atoms with van der Waals surface area (Å²) in [7, 11) is 1.41. The Morgan fingerprint density at radius 3 is 2.33 bits per heavy atom. The van der Waals surface area contributed by atoms with Crippen molar-refractivity contribution in [2.75, 3.05) is 7.11 Å². The average molecular weight is 412 g/mol. The molecule has 2 aromatic rings. The molecule has 2 aromatic carbocycles. The highest BCUT2D eigenvalue weighted by Gasteiger charge is 2.14. The molecule has 0 aliphatic heterocycles. The predicted molar refractivity (Wildman–Crippen MR) is 86.3 cm³/mol. The zero-order chi connectivity index (χ0) is 15.6. The van der Waals surface area contributed by atoms with Gasteiger partial charge in [0.15, 0.2) is 16.8 Å². The van der Waals surface area contributed by atoms with Crippen LogP contribution in [0.4, 0.5) is 0 Å². The van der Waals surface area contributed by atoms with Gasteiger partial charge < -0.3 is 14.0 Å². The molecule has 1 atom stereocenters. The molecule has 0 aliphatic rings. The summed E-state index contributed by atoms with van der Waals surface area (Å²) >= 11 is 13.2. The Morgan fingerprint density at radius 1 is 1.19 bits per heavy atom. The van der Waals surface area contributed by atoms with E-state index >= 15 is 0 Å². The Labute approximate surface area is 142 Å². The van der Waals surface area contributed by atoms with Crippen molar-refractivity contribution >= 4 is 50.2 Å². The Bertz CT molecular complexity index is 686. The van der Waals surface area contributed by atoms with Crippen molar-refractivity contribution in [1.82, 2.24) is 0 Å². The molecule has 0 aliphatic carbocycles. The summed E-state index contributed by atoms with van der Waals surface area (Å²) in [5.41, 5.74) is 0. The topological polar surface area (TPSA) is 55.8 Å². The molecule has 4 nitrogen and oxygen atoms in total. The third kappa shape index (κ3) is 3.90. The van der Waals surface area contributed by atoms with Gasteiger partial charge in [-0.1, -0.05) is 39.1 Å². The second-order valence-electron chi connectivity index (χ2n) is 3.86. The highest BCUT2D eigenvalue weighted by atomic mass is 79.9. The number of methoxy groups -OCH3 is 1. The van der Waals surface area contributed by atoms with Crippen molar-refractivity contribution in [3.8, 4) is 17.2 Å². The highest BCUT2D eigenvalue weighted by molar-refractivity contribution is 9.10. The SMILES string of the molecule is COc1ccc(Oc2c(Cl)cc(Br)cc2Cl)cc1S(=O)O. The van der Waals surface area contributed by atoms with E-state index < -0.39 is 11.1 Å². The molecule has 0 bridgehead atoms. The molecule has 112 valence electrons. The minimum absolute atomic E-state index is 0.0966. The molecular weight excluding hydrogens is 403 g/mol. The molecule has 21 heavy (non-hydrogen) atoms. The van der Waals surface area contributed by atoms with E-state index in [1.807, 2.05) is 0 Å². The molecule has 1 unspecified atom stereocenters. The molecule has 0 aromatic heterocycles. The van der Waals surface area contributed by atoms with Gasteiger partial charge in [-0.3, -0.25) is 0 Å². The van der Waals surface area contributed by atoms with Crippen molar-refractivity contribution in [2.45, 2.75) is 4.90 Å². The number of ether oxygens (including phenoxy) is 2. The van der Waals surface area contributed by atoms with Gasteiger partial charge in [-0.15, -0.1) is 0 Å². The van der Waals surface area contributed by atoms with Crippen LogP contribution in [-0.2, 0) is 11.1 Å². The molecule has 2 rings (SSSR count). The van der Waals surface area contributed by atoms with Crippen molar-refractivity contribution < 1.29 is 18.2 Å². The summed E-state index contributed by atoms with van der Waals surface area (Å²) < 4.78 is 31.9. The van der Waals surface area contributed by atoms with Gasteiger partial charge in [-0.25, -0.2) is 4.21 Å². The fourth-order valence-corrected chi connectivity index (χ4v) is 3.43. The van der Waals surface area contributed by atoms with Gasteiger partial charge in [-0.2, -0.15) is 0 Å². The summed E-state index contributed by atoms with van der Waals surface area (Å²) in [6.07, 6.45) is 0. The first-order chi connectivity index (χ1) is 9.92. The summed E-state index contributed by atoms with van der Waals surface area (Å²) in [5, 5.41) is 0.633. The van der Waals surface area contributed by atoms with Crippen molar-refractivity contribution in [3.63, 3.8) is 0 Å². The number of rotatable bonds is 4. The van der Waals surface area contributed by atoms with Crippen LogP contribution in [0.3, 0.4) is 0 Å². The second-order valence-corrected chi connectivity index (χ2v) is 6.53. The lowest BCUT2D eigenvalue weighted by Crippen LogP contribution is -1.96. The van der Waals surface area contributed by atoms with Crippen LogP contribution in [0.5, 0.6) is 17.2 Å². The fraction of sp³-hybridized carbons (Fsp3) is 0.0769. The van der Waals surface area contributed by atoms with Crippen LogP contribution in [-0.4, -0.2) is 15.9 Å². The number of hydrogen-bond acceptors (Lipinski definition) is 3. The van der Waals surface area contributed by atoms with Crippen LogP contribution in [0, 0.1) is 0 Å². The molecule has 1 N–H and O–H groups in total. The number of benzene rings is 2. The van der Waals surface area contributed by atoms with Crippen LogP contribution in [0.2, 0.25) is 10.0 Å². The van der Waals surface area contributed by atoms with Crippen molar-refractivity contribution in [1.29, 1.82) is 0 Å². The number of halogens is 3. The molecule has 0 saturated heterocycles. The van der Waals surface area contributed by atoms with Gasteiger partial charge in [0, 0.05) is 10.5 Å². The lowest BCUT2D eigenvalue weighted by molar-refractivity contribution is 0.399. The smallest absolute Gasteiger partial charge is 0.190 e. The molecule has 0 saturated carbocycles. The Kier molecular flexibility index (Phi) is 5.51. The molecule has 0 spiro atoms. The maximum absolute atomic E-state index is 11.3. The summed E-state index contributed by atoms with van der Waals surface area (Å²) in [4.78, 5) is 0.0966. The maximum atomic E-state index is 11.3. The summed E-state index contributed by atoms with van der Waals surface area (Å²) in [5.74, 6) is 0.872. The van der Waals surface area contributed by atoms with Crippen LogP contribution >= 0.6 is 39.1 Å². The quantitative estimate of drug-likeness (QED) is 0.707.